The molecule has 19 heavy (non-hydrogen) atoms. The van der Waals surface area contributed by atoms with Gasteiger partial charge < -0.3 is 9.94 Å². The minimum absolute atomic E-state index is 0.211. The van der Waals surface area contributed by atoms with Crippen molar-refractivity contribution < 1.29 is 9.94 Å². The largest absolute Gasteiger partial charge is 0.485 e. The molecule has 1 aromatic heterocycles. The van der Waals surface area contributed by atoms with Gasteiger partial charge in [0.05, 0.1) is 12.8 Å². The summed E-state index contributed by atoms with van der Waals surface area (Å²) in [6, 6.07) is 5.65. The predicted molar refractivity (Wildman–Crippen MR) is 68.3 cm³/mol. The molecular formula is C12H15N5O2. The third-order valence-corrected chi connectivity index (χ3v) is 2.58. The van der Waals surface area contributed by atoms with E-state index in [-0.39, 0.29) is 6.61 Å². The molecule has 2 rings (SSSR count). The first kappa shape index (κ1) is 13.0. The highest BCUT2D eigenvalue weighted by Gasteiger charge is 2.09. The van der Waals surface area contributed by atoms with Crippen LogP contribution in [-0.4, -0.2) is 31.1 Å². The van der Waals surface area contributed by atoms with Gasteiger partial charge in [-0.15, -0.1) is 10.2 Å². The molecule has 0 saturated carbocycles. The number of benzene rings is 1. The van der Waals surface area contributed by atoms with Crippen LogP contribution in [0.3, 0.4) is 0 Å². The molecule has 0 aliphatic heterocycles. The normalized spacial score (nSPS) is 11.6. The Morgan fingerprint density at radius 3 is 2.89 bits per heavy atom. The molecule has 7 nitrogen and oxygen atoms in total. The maximum atomic E-state index is 8.86. The molecule has 0 aliphatic rings. The molecule has 0 atom stereocenters. The summed E-state index contributed by atoms with van der Waals surface area (Å²) in [6.45, 7) is 3.88. The van der Waals surface area contributed by atoms with E-state index in [1.165, 1.54) is 4.80 Å². The van der Waals surface area contributed by atoms with E-state index in [0.29, 0.717) is 17.3 Å². The molecule has 1 aromatic carbocycles. The molecule has 0 amide bonds. The number of aryl methyl sites for hydroxylation is 2. The summed E-state index contributed by atoms with van der Waals surface area (Å²) < 4.78 is 5.67. The maximum Gasteiger partial charge on any atom is 0.212 e. The number of rotatable bonds is 4. The second-order valence-electron chi connectivity index (χ2n) is 4.17. The van der Waals surface area contributed by atoms with Crippen molar-refractivity contribution in [3.8, 4) is 5.75 Å². The van der Waals surface area contributed by atoms with Crippen molar-refractivity contribution in [3.05, 3.63) is 35.2 Å². The number of hydrogen-bond donors (Lipinski definition) is 1. The van der Waals surface area contributed by atoms with Crippen LogP contribution < -0.4 is 4.74 Å². The minimum atomic E-state index is 0.211. The van der Waals surface area contributed by atoms with Crippen LogP contribution in [0.4, 0.5) is 0 Å². The van der Waals surface area contributed by atoms with Gasteiger partial charge in [0, 0.05) is 5.56 Å². The Kier molecular flexibility index (Phi) is 3.74. The quantitative estimate of drug-likeness (QED) is 0.509. The van der Waals surface area contributed by atoms with E-state index in [1.807, 2.05) is 25.1 Å². The van der Waals surface area contributed by atoms with Crippen molar-refractivity contribution in [1.29, 1.82) is 0 Å². The molecule has 0 fully saturated rings. The second-order valence-corrected chi connectivity index (χ2v) is 4.17. The molecule has 7 heteroatoms. The topological polar surface area (TPSA) is 85.4 Å². The number of ether oxygens (including phenoxy) is 1. The Bertz CT molecular complexity index is 606. The highest BCUT2D eigenvalue weighted by atomic mass is 16.5. The zero-order valence-electron chi connectivity index (χ0n) is 11.0. The Balaban J connectivity index is 2.21. The lowest BCUT2D eigenvalue weighted by Crippen LogP contribution is -2.04. The first-order valence-electron chi connectivity index (χ1n) is 5.75. The molecule has 0 unspecified atom stereocenters. The first-order chi connectivity index (χ1) is 9.10. The van der Waals surface area contributed by atoms with Crippen molar-refractivity contribution in [3.63, 3.8) is 0 Å². The summed E-state index contributed by atoms with van der Waals surface area (Å²) in [7, 11) is 1.69. The van der Waals surface area contributed by atoms with Crippen molar-refractivity contribution in [2.24, 2.45) is 12.2 Å². The summed E-state index contributed by atoms with van der Waals surface area (Å²) in [5.41, 5.74) is 2.27. The third kappa shape index (κ3) is 3.06. The van der Waals surface area contributed by atoms with Gasteiger partial charge in [-0.05, 0) is 36.8 Å². The molecule has 0 saturated heterocycles. The Labute approximate surface area is 110 Å². The van der Waals surface area contributed by atoms with Gasteiger partial charge in [-0.2, -0.15) is 4.80 Å². The summed E-state index contributed by atoms with van der Waals surface area (Å²) >= 11 is 0. The van der Waals surface area contributed by atoms with E-state index in [4.69, 9.17) is 9.94 Å². The minimum Gasteiger partial charge on any atom is -0.485 e. The van der Waals surface area contributed by atoms with Gasteiger partial charge in [0.25, 0.3) is 0 Å². The van der Waals surface area contributed by atoms with Crippen molar-refractivity contribution >= 4 is 5.71 Å². The van der Waals surface area contributed by atoms with E-state index in [1.54, 1.807) is 14.0 Å². The van der Waals surface area contributed by atoms with Crippen LogP contribution in [0.25, 0.3) is 0 Å². The van der Waals surface area contributed by atoms with Crippen LogP contribution in [0.15, 0.2) is 23.4 Å². The molecule has 0 bridgehead atoms. The zero-order valence-corrected chi connectivity index (χ0v) is 11.0. The fourth-order valence-corrected chi connectivity index (χ4v) is 1.63. The highest BCUT2D eigenvalue weighted by Crippen LogP contribution is 2.22. The smallest absolute Gasteiger partial charge is 0.212 e. The lowest BCUT2D eigenvalue weighted by atomic mass is 10.1. The van der Waals surface area contributed by atoms with Gasteiger partial charge in [0.2, 0.25) is 5.82 Å². The fourth-order valence-electron chi connectivity index (χ4n) is 1.63. The number of oxime groups is 1. The van der Waals surface area contributed by atoms with Crippen molar-refractivity contribution in [2.45, 2.75) is 20.5 Å². The fraction of sp³-hybridized carbons (Fsp3) is 0.333. The van der Waals surface area contributed by atoms with E-state index >= 15 is 0 Å². The molecule has 1 heterocycles. The Morgan fingerprint density at radius 2 is 2.26 bits per heavy atom. The number of aromatic nitrogens is 4. The Morgan fingerprint density at radius 1 is 1.47 bits per heavy atom. The lowest BCUT2D eigenvalue weighted by molar-refractivity contribution is 0.293. The summed E-state index contributed by atoms with van der Waals surface area (Å²) in [5, 5.41) is 23.7. The average Bonchev–Trinajstić information content (AvgIpc) is 2.81. The zero-order chi connectivity index (χ0) is 13.8. The number of hydrogen-bond acceptors (Lipinski definition) is 6. The SMILES string of the molecule is C/C(=N/O)c1ccc(C)cc1OCc1nnn(C)n1. The Hall–Kier alpha value is -2.44. The van der Waals surface area contributed by atoms with Crippen LogP contribution >= 0.6 is 0 Å². The third-order valence-electron chi connectivity index (χ3n) is 2.58. The van der Waals surface area contributed by atoms with Crippen molar-refractivity contribution in [2.75, 3.05) is 0 Å². The van der Waals surface area contributed by atoms with Gasteiger partial charge in [-0.1, -0.05) is 11.2 Å². The lowest BCUT2D eigenvalue weighted by Gasteiger charge is -2.10. The summed E-state index contributed by atoms with van der Waals surface area (Å²) in [4.78, 5) is 1.37. The van der Waals surface area contributed by atoms with E-state index in [2.05, 4.69) is 20.6 Å². The van der Waals surface area contributed by atoms with Gasteiger partial charge in [0.1, 0.15) is 5.75 Å². The van der Waals surface area contributed by atoms with Gasteiger partial charge in [-0.25, -0.2) is 0 Å². The molecular weight excluding hydrogens is 246 g/mol. The molecule has 0 aliphatic carbocycles. The molecule has 1 N–H and O–H groups in total. The van der Waals surface area contributed by atoms with Gasteiger partial charge in [0.15, 0.2) is 6.61 Å². The summed E-state index contributed by atoms with van der Waals surface area (Å²) in [6.07, 6.45) is 0. The summed E-state index contributed by atoms with van der Waals surface area (Å²) in [5.74, 6) is 1.12. The number of nitrogens with zero attached hydrogens (tertiary/aromatic N) is 5. The van der Waals surface area contributed by atoms with Gasteiger partial charge in [-0.3, -0.25) is 0 Å². The molecule has 0 spiro atoms. The highest BCUT2D eigenvalue weighted by molar-refractivity contribution is 6.00. The van der Waals surface area contributed by atoms with Crippen LogP contribution in [-0.2, 0) is 13.7 Å². The van der Waals surface area contributed by atoms with Crippen LogP contribution in [0.1, 0.15) is 23.9 Å². The molecule has 100 valence electrons. The van der Waals surface area contributed by atoms with Crippen LogP contribution in [0, 0.1) is 6.92 Å². The molecule has 0 radical (unpaired) electrons. The average molecular weight is 261 g/mol. The van der Waals surface area contributed by atoms with Crippen LogP contribution in [0.5, 0.6) is 5.75 Å². The standard InChI is InChI=1S/C12H15N5O2/c1-8-4-5-10(9(2)15-18)11(6-8)19-7-12-13-16-17(3)14-12/h4-6,18H,7H2,1-3H3/b15-9-. The first-order valence-corrected chi connectivity index (χ1v) is 5.75. The van der Waals surface area contributed by atoms with E-state index in [0.717, 1.165) is 11.1 Å². The predicted octanol–water partition coefficient (Wildman–Crippen LogP) is 1.30. The van der Waals surface area contributed by atoms with E-state index < -0.39 is 0 Å². The van der Waals surface area contributed by atoms with Crippen LogP contribution in [0.2, 0.25) is 0 Å². The number of tetrazole rings is 1. The molecule has 2 aromatic rings. The maximum absolute atomic E-state index is 8.86. The monoisotopic (exact) mass is 261 g/mol. The van der Waals surface area contributed by atoms with Crippen molar-refractivity contribution in [1.82, 2.24) is 20.2 Å². The second kappa shape index (κ2) is 5.47. The van der Waals surface area contributed by atoms with E-state index in [9.17, 15) is 0 Å². The van der Waals surface area contributed by atoms with Gasteiger partial charge >= 0.3 is 0 Å².